The zero-order valence-corrected chi connectivity index (χ0v) is 14.1. The lowest BCUT2D eigenvalue weighted by Gasteiger charge is -2.07. The summed E-state index contributed by atoms with van der Waals surface area (Å²) in [6.45, 7) is 0.312. The Bertz CT molecular complexity index is 934. The number of carbonyl (C=O) groups excluding carboxylic acids is 1. The number of hydrogen-bond donors (Lipinski definition) is 1. The lowest BCUT2D eigenvalue weighted by molar-refractivity contribution is -0.144. The second kappa shape index (κ2) is 6.69. The van der Waals surface area contributed by atoms with E-state index in [4.69, 9.17) is 25.8 Å². The molecule has 25 heavy (non-hydrogen) atoms. The van der Waals surface area contributed by atoms with Crippen LogP contribution in [-0.4, -0.2) is 17.7 Å². The molecule has 0 spiro atoms. The summed E-state index contributed by atoms with van der Waals surface area (Å²) in [7, 11) is 0. The molecular weight excluding hydrogens is 342 g/mol. The normalized spacial score (nSPS) is 12.5. The predicted molar refractivity (Wildman–Crippen MR) is 94.0 cm³/mol. The number of aromatic amines is 1. The van der Waals surface area contributed by atoms with Gasteiger partial charge in [0, 0.05) is 23.5 Å². The molecule has 0 amide bonds. The Labute approximate surface area is 149 Å². The summed E-state index contributed by atoms with van der Waals surface area (Å²) >= 11 is 6.13. The van der Waals surface area contributed by atoms with Crippen LogP contribution >= 0.6 is 11.6 Å². The standard InChI is InChI=1S/C19H16ClNO4/c20-15-7-12(8-17-19(15)25-11-24-17)10-23-18(22)6-5-13-9-21-16-4-2-1-3-14(13)16/h1-4,7-9,21H,5-6,10-11H2. The molecule has 1 aromatic heterocycles. The zero-order chi connectivity index (χ0) is 17.2. The Morgan fingerprint density at radius 1 is 1.24 bits per heavy atom. The molecule has 0 atom stereocenters. The van der Waals surface area contributed by atoms with Crippen molar-refractivity contribution in [3.8, 4) is 11.5 Å². The van der Waals surface area contributed by atoms with E-state index in [2.05, 4.69) is 4.98 Å². The molecule has 3 aromatic rings. The summed E-state index contributed by atoms with van der Waals surface area (Å²) in [5.41, 5.74) is 2.95. The highest BCUT2D eigenvalue weighted by atomic mass is 35.5. The van der Waals surface area contributed by atoms with Gasteiger partial charge in [-0.3, -0.25) is 4.79 Å². The van der Waals surface area contributed by atoms with E-state index in [9.17, 15) is 4.79 Å². The van der Waals surface area contributed by atoms with E-state index in [1.54, 1.807) is 12.1 Å². The monoisotopic (exact) mass is 357 g/mol. The minimum atomic E-state index is -0.251. The number of rotatable bonds is 5. The molecule has 6 heteroatoms. The molecule has 4 rings (SSSR count). The average Bonchev–Trinajstić information content (AvgIpc) is 3.25. The molecule has 0 fully saturated rings. The van der Waals surface area contributed by atoms with Gasteiger partial charge in [-0.25, -0.2) is 0 Å². The third kappa shape index (κ3) is 3.28. The van der Waals surface area contributed by atoms with Crippen LogP contribution < -0.4 is 9.47 Å². The Kier molecular flexibility index (Phi) is 4.24. The number of esters is 1. The van der Waals surface area contributed by atoms with Crippen LogP contribution in [0.5, 0.6) is 11.5 Å². The fourth-order valence-corrected chi connectivity index (χ4v) is 3.20. The number of nitrogens with one attached hydrogen (secondary N) is 1. The number of benzene rings is 2. The van der Waals surface area contributed by atoms with Gasteiger partial charge in [0.15, 0.2) is 11.5 Å². The van der Waals surface area contributed by atoms with Crippen LogP contribution in [0.3, 0.4) is 0 Å². The first kappa shape index (κ1) is 15.8. The molecule has 0 radical (unpaired) electrons. The zero-order valence-electron chi connectivity index (χ0n) is 13.4. The van der Waals surface area contributed by atoms with Crippen molar-refractivity contribution in [3.05, 3.63) is 58.7 Å². The number of aryl methyl sites for hydroxylation is 1. The first-order valence-corrected chi connectivity index (χ1v) is 8.37. The van der Waals surface area contributed by atoms with Crippen molar-refractivity contribution in [1.82, 2.24) is 4.98 Å². The maximum atomic E-state index is 12.0. The van der Waals surface area contributed by atoms with Crippen molar-refractivity contribution in [3.63, 3.8) is 0 Å². The highest BCUT2D eigenvalue weighted by molar-refractivity contribution is 6.32. The fourth-order valence-electron chi connectivity index (χ4n) is 2.92. The van der Waals surface area contributed by atoms with Gasteiger partial charge in [-0.05, 0) is 35.7 Å². The van der Waals surface area contributed by atoms with Gasteiger partial charge in [-0.15, -0.1) is 0 Å². The number of aromatic nitrogens is 1. The highest BCUT2D eigenvalue weighted by Gasteiger charge is 2.18. The third-order valence-corrected chi connectivity index (χ3v) is 4.44. The number of fused-ring (bicyclic) bond motifs is 2. The van der Waals surface area contributed by atoms with Crippen LogP contribution in [0.25, 0.3) is 10.9 Å². The predicted octanol–water partition coefficient (Wildman–Crippen LogP) is 4.23. The first-order chi connectivity index (χ1) is 12.2. The Hall–Kier alpha value is -2.66. The van der Waals surface area contributed by atoms with Gasteiger partial charge in [0.05, 0.1) is 5.02 Å². The number of ether oxygens (including phenoxy) is 3. The van der Waals surface area contributed by atoms with Gasteiger partial charge in [0.2, 0.25) is 6.79 Å². The molecule has 2 aromatic carbocycles. The second-order valence-corrected chi connectivity index (χ2v) is 6.24. The molecule has 0 saturated heterocycles. The van der Waals surface area contributed by atoms with Crippen molar-refractivity contribution >= 4 is 28.5 Å². The van der Waals surface area contributed by atoms with Gasteiger partial charge >= 0.3 is 5.97 Å². The fraction of sp³-hybridized carbons (Fsp3) is 0.211. The van der Waals surface area contributed by atoms with Gasteiger partial charge in [0.25, 0.3) is 0 Å². The first-order valence-electron chi connectivity index (χ1n) is 7.99. The smallest absolute Gasteiger partial charge is 0.306 e. The molecule has 0 unspecified atom stereocenters. The molecule has 0 aliphatic carbocycles. The molecule has 0 saturated carbocycles. The summed E-state index contributed by atoms with van der Waals surface area (Å²) < 4.78 is 15.9. The lowest BCUT2D eigenvalue weighted by Crippen LogP contribution is -2.06. The average molecular weight is 358 g/mol. The van der Waals surface area contributed by atoms with Crippen molar-refractivity contribution in [2.24, 2.45) is 0 Å². The van der Waals surface area contributed by atoms with E-state index in [1.807, 2.05) is 30.5 Å². The van der Waals surface area contributed by atoms with Crippen LogP contribution in [-0.2, 0) is 22.6 Å². The summed E-state index contributed by atoms with van der Waals surface area (Å²) in [5.74, 6) is 0.868. The third-order valence-electron chi connectivity index (χ3n) is 4.16. The number of H-pyrrole nitrogens is 1. The molecule has 128 valence electrons. The van der Waals surface area contributed by atoms with Gasteiger partial charge in [-0.1, -0.05) is 29.8 Å². The number of halogens is 1. The Balaban J connectivity index is 1.34. The SMILES string of the molecule is O=C(CCc1c[nH]c2ccccc12)OCc1cc(Cl)c2c(c1)OCO2. The molecule has 0 bridgehead atoms. The van der Waals surface area contributed by atoms with E-state index in [-0.39, 0.29) is 19.4 Å². The van der Waals surface area contributed by atoms with Crippen LogP contribution in [0.2, 0.25) is 5.02 Å². The van der Waals surface area contributed by atoms with Gasteiger partial charge < -0.3 is 19.2 Å². The molecular formula is C19H16ClNO4. The lowest BCUT2D eigenvalue weighted by atomic mass is 10.1. The van der Waals surface area contributed by atoms with Gasteiger partial charge in [0.1, 0.15) is 6.61 Å². The minimum absolute atomic E-state index is 0.156. The van der Waals surface area contributed by atoms with Crippen LogP contribution in [0, 0.1) is 0 Å². The van der Waals surface area contributed by atoms with E-state index in [1.165, 1.54) is 0 Å². The molecule has 2 heterocycles. The molecule has 5 nitrogen and oxygen atoms in total. The van der Waals surface area contributed by atoms with Crippen molar-refractivity contribution in [2.75, 3.05) is 6.79 Å². The van der Waals surface area contributed by atoms with Crippen molar-refractivity contribution in [2.45, 2.75) is 19.4 Å². The summed E-state index contributed by atoms with van der Waals surface area (Å²) in [5, 5.41) is 1.60. The number of para-hydroxylation sites is 1. The maximum Gasteiger partial charge on any atom is 0.306 e. The largest absolute Gasteiger partial charge is 0.461 e. The van der Waals surface area contributed by atoms with Crippen molar-refractivity contribution in [1.29, 1.82) is 0 Å². The molecule has 1 aliphatic rings. The highest BCUT2D eigenvalue weighted by Crippen LogP contribution is 2.39. The summed E-state index contributed by atoms with van der Waals surface area (Å²) in [6, 6.07) is 11.5. The van der Waals surface area contributed by atoms with Crippen LogP contribution in [0.15, 0.2) is 42.6 Å². The molecule has 1 N–H and O–H groups in total. The Morgan fingerprint density at radius 2 is 2.12 bits per heavy atom. The van der Waals surface area contributed by atoms with Crippen LogP contribution in [0.1, 0.15) is 17.5 Å². The Morgan fingerprint density at radius 3 is 3.04 bits per heavy atom. The van der Waals surface area contributed by atoms with Crippen molar-refractivity contribution < 1.29 is 19.0 Å². The number of carbonyl (C=O) groups is 1. The quantitative estimate of drug-likeness (QED) is 0.694. The van der Waals surface area contributed by atoms with Crippen LogP contribution in [0.4, 0.5) is 0 Å². The number of hydrogen-bond acceptors (Lipinski definition) is 4. The van der Waals surface area contributed by atoms with E-state index in [0.717, 1.165) is 22.0 Å². The van der Waals surface area contributed by atoms with E-state index in [0.29, 0.717) is 29.4 Å². The second-order valence-electron chi connectivity index (χ2n) is 5.83. The maximum absolute atomic E-state index is 12.0. The van der Waals surface area contributed by atoms with Gasteiger partial charge in [-0.2, -0.15) is 0 Å². The topological polar surface area (TPSA) is 60.6 Å². The minimum Gasteiger partial charge on any atom is -0.461 e. The van der Waals surface area contributed by atoms with E-state index < -0.39 is 0 Å². The summed E-state index contributed by atoms with van der Waals surface area (Å²) in [6.07, 6.45) is 2.89. The van der Waals surface area contributed by atoms with E-state index >= 15 is 0 Å². The summed E-state index contributed by atoms with van der Waals surface area (Å²) in [4.78, 5) is 15.3. The molecule has 1 aliphatic heterocycles.